The maximum Gasteiger partial charge on any atom is 0.322 e. The summed E-state index contributed by atoms with van der Waals surface area (Å²) in [6.45, 7) is -0.906. The third-order valence-electron chi connectivity index (χ3n) is 3.44. The molecule has 14 nitrogen and oxygen atoms in total. The largest absolute Gasteiger partial charge is 0.481 e. The van der Waals surface area contributed by atoms with Gasteiger partial charge < -0.3 is 43.4 Å². The Morgan fingerprint density at radius 1 is 0.897 bits per heavy atom. The minimum absolute atomic E-state index is 0.0965. The molecule has 14 heteroatoms. The summed E-state index contributed by atoms with van der Waals surface area (Å²) >= 11 is 0. The van der Waals surface area contributed by atoms with Gasteiger partial charge in [-0.05, 0) is 19.3 Å². The average molecular weight is 417 g/mol. The molecule has 0 saturated carbocycles. The molecule has 0 rings (SSSR count). The molecular formula is C15H27N7O7. The van der Waals surface area contributed by atoms with E-state index in [9.17, 15) is 24.0 Å². The zero-order valence-electron chi connectivity index (χ0n) is 15.7. The Bertz CT molecular complexity index is 635. The molecule has 0 aromatic heterocycles. The topological polar surface area (TPSA) is 252 Å². The van der Waals surface area contributed by atoms with Crippen molar-refractivity contribution in [1.82, 2.24) is 16.0 Å². The number of carbonyl (C=O) groups is 5. The number of nitrogens with zero attached hydrogens (tertiary/aromatic N) is 1. The lowest BCUT2D eigenvalue weighted by molar-refractivity contribution is -0.138. The predicted molar refractivity (Wildman–Crippen MR) is 100 cm³/mol. The van der Waals surface area contributed by atoms with Crippen LogP contribution in [0, 0.1) is 0 Å². The number of carbonyl (C=O) groups excluding carboxylic acids is 3. The van der Waals surface area contributed by atoms with Crippen LogP contribution in [-0.2, 0) is 24.0 Å². The summed E-state index contributed by atoms with van der Waals surface area (Å²) in [7, 11) is 0. The third kappa shape index (κ3) is 13.4. The number of aliphatic carboxylic acids is 2. The normalized spacial score (nSPS) is 12.2. The van der Waals surface area contributed by atoms with E-state index >= 15 is 0 Å². The Kier molecular flexibility index (Phi) is 12.1. The SMILES string of the molecule is NC(N)=NCCCC(N)C(=O)NC(CCC(=O)O)C(=O)NCC(=O)NCC(=O)O. The maximum absolute atomic E-state index is 12.2. The van der Waals surface area contributed by atoms with E-state index in [1.165, 1.54) is 0 Å². The first-order valence-electron chi connectivity index (χ1n) is 8.62. The van der Waals surface area contributed by atoms with E-state index < -0.39 is 61.3 Å². The number of nitrogens with two attached hydrogens (primary N) is 3. The molecule has 0 spiro atoms. The van der Waals surface area contributed by atoms with Gasteiger partial charge >= 0.3 is 11.9 Å². The van der Waals surface area contributed by atoms with Crippen LogP contribution in [0.4, 0.5) is 0 Å². The number of guanidine groups is 1. The van der Waals surface area contributed by atoms with Gasteiger partial charge in [-0.15, -0.1) is 0 Å². The van der Waals surface area contributed by atoms with Crippen LogP contribution in [0.15, 0.2) is 4.99 Å². The minimum atomic E-state index is -1.26. The fourth-order valence-corrected chi connectivity index (χ4v) is 1.99. The number of hydrogen-bond donors (Lipinski definition) is 8. The second-order valence-corrected chi connectivity index (χ2v) is 5.94. The number of amides is 3. The van der Waals surface area contributed by atoms with Crippen LogP contribution in [0.5, 0.6) is 0 Å². The zero-order chi connectivity index (χ0) is 22.4. The summed E-state index contributed by atoms with van der Waals surface area (Å²) in [6, 6.07) is -2.22. The first kappa shape index (κ1) is 25.6. The van der Waals surface area contributed by atoms with Crippen LogP contribution >= 0.6 is 0 Å². The van der Waals surface area contributed by atoms with E-state index in [-0.39, 0.29) is 25.3 Å². The summed E-state index contributed by atoms with van der Waals surface area (Å²) in [6.07, 6.45) is -0.0244. The second kappa shape index (κ2) is 13.7. The van der Waals surface area contributed by atoms with Gasteiger partial charge in [-0.25, -0.2) is 0 Å². The van der Waals surface area contributed by atoms with E-state index in [4.69, 9.17) is 27.4 Å². The molecule has 0 aromatic rings. The summed E-state index contributed by atoms with van der Waals surface area (Å²) in [5.41, 5.74) is 16.1. The molecular weight excluding hydrogens is 390 g/mol. The van der Waals surface area contributed by atoms with Gasteiger partial charge in [0.05, 0.1) is 12.6 Å². The molecule has 0 aliphatic heterocycles. The molecule has 2 unspecified atom stereocenters. The molecule has 0 aliphatic rings. The summed E-state index contributed by atoms with van der Waals surface area (Å²) in [5, 5.41) is 23.8. The Morgan fingerprint density at radius 3 is 2.10 bits per heavy atom. The van der Waals surface area contributed by atoms with Gasteiger partial charge in [-0.2, -0.15) is 0 Å². The number of carboxylic acid groups (broad SMARTS) is 2. The molecule has 29 heavy (non-hydrogen) atoms. The van der Waals surface area contributed by atoms with Crippen molar-refractivity contribution in [2.24, 2.45) is 22.2 Å². The van der Waals surface area contributed by atoms with Crippen LogP contribution in [-0.4, -0.2) is 77.6 Å². The van der Waals surface area contributed by atoms with Crippen LogP contribution in [0.1, 0.15) is 25.7 Å². The lowest BCUT2D eigenvalue weighted by Gasteiger charge is -2.20. The fourth-order valence-electron chi connectivity index (χ4n) is 1.99. The van der Waals surface area contributed by atoms with Gasteiger partial charge in [0.25, 0.3) is 0 Å². The lowest BCUT2D eigenvalue weighted by atomic mass is 10.1. The highest BCUT2D eigenvalue weighted by molar-refractivity contribution is 5.92. The van der Waals surface area contributed by atoms with E-state index in [1.807, 2.05) is 5.32 Å². The average Bonchev–Trinajstić information content (AvgIpc) is 2.63. The first-order chi connectivity index (χ1) is 13.5. The van der Waals surface area contributed by atoms with Gasteiger partial charge in [0.1, 0.15) is 12.6 Å². The van der Waals surface area contributed by atoms with Crippen LogP contribution in [0.3, 0.4) is 0 Å². The monoisotopic (exact) mass is 417 g/mol. The van der Waals surface area contributed by atoms with Gasteiger partial charge in [0.15, 0.2) is 5.96 Å². The summed E-state index contributed by atoms with van der Waals surface area (Å²) in [5.74, 6) is -4.79. The van der Waals surface area contributed by atoms with E-state index in [2.05, 4.69) is 15.6 Å². The van der Waals surface area contributed by atoms with Crippen molar-refractivity contribution >= 4 is 35.6 Å². The molecule has 0 bridgehead atoms. The molecule has 0 aromatic carbocycles. The highest BCUT2D eigenvalue weighted by atomic mass is 16.4. The van der Waals surface area contributed by atoms with Crippen molar-refractivity contribution in [1.29, 1.82) is 0 Å². The van der Waals surface area contributed by atoms with E-state index in [0.29, 0.717) is 6.42 Å². The van der Waals surface area contributed by atoms with Crippen LogP contribution in [0.25, 0.3) is 0 Å². The first-order valence-corrected chi connectivity index (χ1v) is 8.62. The highest BCUT2D eigenvalue weighted by Gasteiger charge is 2.24. The van der Waals surface area contributed by atoms with Crippen molar-refractivity contribution < 1.29 is 34.2 Å². The number of hydrogen-bond acceptors (Lipinski definition) is 7. The van der Waals surface area contributed by atoms with Crippen molar-refractivity contribution in [2.45, 2.75) is 37.8 Å². The highest BCUT2D eigenvalue weighted by Crippen LogP contribution is 2.01. The fraction of sp³-hybridized carbons (Fsp3) is 0.600. The van der Waals surface area contributed by atoms with Gasteiger partial charge in [0, 0.05) is 13.0 Å². The van der Waals surface area contributed by atoms with Crippen molar-refractivity contribution in [3.8, 4) is 0 Å². The van der Waals surface area contributed by atoms with Crippen molar-refractivity contribution in [2.75, 3.05) is 19.6 Å². The van der Waals surface area contributed by atoms with Crippen LogP contribution < -0.4 is 33.2 Å². The van der Waals surface area contributed by atoms with E-state index in [0.717, 1.165) is 0 Å². The third-order valence-corrected chi connectivity index (χ3v) is 3.44. The number of carboxylic acids is 2. The number of rotatable bonds is 14. The molecule has 0 aliphatic carbocycles. The predicted octanol–water partition coefficient (Wildman–Crippen LogP) is -3.97. The van der Waals surface area contributed by atoms with Crippen molar-refractivity contribution in [3.63, 3.8) is 0 Å². The lowest BCUT2D eigenvalue weighted by Crippen LogP contribution is -2.53. The Labute approximate surface area is 166 Å². The smallest absolute Gasteiger partial charge is 0.322 e. The van der Waals surface area contributed by atoms with Gasteiger partial charge in [-0.3, -0.25) is 29.0 Å². The molecule has 0 fully saturated rings. The quantitative estimate of drug-likeness (QED) is 0.0772. The molecule has 11 N–H and O–H groups in total. The molecule has 0 saturated heterocycles. The summed E-state index contributed by atoms with van der Waals surface area (Å²) in [4.78, 5) is 60.7. The minimum Gasteiger partial charge on any atom is -0.481 e. The molecule has 0 heterocycles. The maximum atomic E-state index is 12.2. The van der Waals surface area contributed by atoms with Gasteiger partial charge in [-0.1, -0.05) is 0 Å². The Morgan fingerprint density at radius 2 is 1.55 bits per heavy atom. The Hall–Kier alpha value is -3.42. The van der Waals surface area contributed by atoms with E-state index in [1.54, 1.807) is 0 Å². The summed E-state index contributed by atoms with van der Waals surface area (Å²) < 4.78 is 0. The molecule has 0 radical (unpaired) electrons. The molecule has 164 valence electrons. The molecule has 3 amide bonds. The van der Waals surface area contributed by atoms with Crippen molar-refractivity contribution in [3.05, 3.63) is 0 Å². The molecule has 2 atom stereocenters. The van der Waals surface area contributed by atoms with Crippen LogP contribution in [0.2, 0.25) is 0 Å². The zero-order valence-corrected chi connectivity index (χ0v) is 15.7. The number of nitrogens with one attached hydrogen (secondary N) is 3. The second-order valence-electron chi connectivity index (χ2n) is 5.94. The standard InChI is InChI=1S/C15H27N7O7/c16-8(2-1-5-19-15(17)18)13(28)22-9(3-4-11(24)25)14(29)21-6-10(23)20-7-12(26)27/h8-9H,1-7,16H2,(H,20,23)(H,21,29)(H,22,28)(H,24,25)(H,26,27)(H4,17,18,19). The van der Waals surface area contributed by atoms with Gasteiger partial charge in [0.2, 0.25) is 17.7 Å². The number of aliphatic imine (C=N–C) groups is 1. The Balaban J connectivity index is 4.68.